The number of aryl methyl sites for hydroxylation is 1. The molecular formula is C22H18N8O3S2. The van der Waals surface area contributed by atoms with Crippen molar-refractivity contribution in [2.45, 2.75) is 18.1 Å². The van der Waals surface area contributed by atoms with Crippen LogP contribution in [0.25, 0.3) is 28.3 Å². The monoisotopic (exact) mass is 506 g/mol. The second kappa shape index (κ2) is 8.85. The van der Waals surface area contributed by atoms with Gasteiger partial charge in [0, 0.05) is 36.1 Å². The minimum absolute atomic E-state index is 0.0256. The fourth-order valence-corrected chi connectivity index (χ4v) is 5.91. The Bertz CT molecular complexity index is 1660. The Labute approximate surface area is 204 Å². The number of carbonyl (C=O) groups excluding carboxylic acids is 1. The van der Waals surface area contributed by atoms with Crippen LogP contribution < -0.4 is 10.0 Å². The Morgan fingerprint density at radius 1 is 1.03 bits per heavy atom. The Balaban J connectivity index is 1.46. The minimum atomic E-state index is -3.92. The van der Waals surface area contributed by atoms with E-state index < -0.39 is 10.0 Å². The van der Waals surface area contributed by atoms with Crippen LogP contribution in [-0.4, -0.2) is 44.1 Å². The van der Waals surface area contributed by atoms with Crippen molar-refractivity contribution in [3.63, 3.8) is 0 Å². The van der Waals surface area contributed by atoms with E-state index in [0.717, 1.165) is 16.9 Å². The lowest BCUT2D eigenvalue weighted by atomic mass is 10.1. The van der Waals surface area contributed by atoms with Crippen LogP contribution in [0.2, 0.25) is 0 Å². The van der Waals surface area contributed by atoms with Crippen molar-refractivity contribution >= 4 is 43.7 Å². The molecule has 176 valence electrons. The number of sulfonamides is 1. The van der Waals surface area contributed by atoms with Crippen LogP contribution in [0.1, 0.15) is 12.6 Å². The first-order valence-corrected chi connectivity index (χ1v) is 12.6. The maximum atomic E-state index is 13.0. The molecule has 0 fully saturated rings. The van der Waals surface area contributed by atoms with Crippen LogP contribution in [-0.2, 0) is 14.8 Å². The molecule has 0 aliphatic heterocycles. The summed E-state index contributed by atoms with van der Waals surface area (Å²) in [6, 6.07) is 14.1. The summed E-state index contributed by atoms with van der Waals surface area (Å²) in [5, 5.41) is 15.8. The number of anilines is 2. The van der Waals surface area contributed by atoms with Crippen LogP contribution in [0.15, 0.2) is 65.1 Å². The normalized spacial score (nSPS) is 11.5. The summed E-state index contributed by atoms with van der Waals surface area (Å²) in [5.41, 5.74) is 3.35. The number of hydrogen-bond acceptors (Lipinski definition) is 9. The van der Waals surface area contributed by atoms with Crippen molar-refractivity contribution in [2.24, 2.45) is 0 Å². The van der Waals surface area contributed by atoms with Gasteiger partial charge in [-0.2, -0.15) is 9.61 Å². The molecule has 1 amide bonds. The summed E-state index contributed by atoms with van der Waals surface area (Å²) in [6.07, 6.45) is 3.33. The summed E-state index contributed by atoms with van der Waals surface area (Å²) in [5.74, 6) is 0.241. The Morgan fingerprint density at radius 2 is 1.83 bits per heavy atom. The van der Waals surface area contributed by atoms with E-state index in [2.05, 4.69) is 35.3 Å². The highest BCUT2D eigenvalue weighted by Gasteiger charge is 2.23. The van der Waals surface area contributed by atoms with Crippen LogP contribution in [0.4, 0.5) is 10.8 Å². The number of hydrogen-bond donors (Lipinski definition) is 2. The van der Waals surface area contributed by atoms with E-state index in [0.29, 0.717) is 34.1 Å². The number of rotatable bonds is 6. The molecule has 1 aromatic carbocycles. The highest BCUT2D eigenvalue weighted by Crippen LogP contribution is 2.30. The van der Waals surface area contributed by atoms with Crippen LogP contribution >= 0.6 is 11.3 Å². The fraction of sp³-hybridized carbons (Fsp3) is 0.0909. The molecule has 0 saturated carbocycles. The third kappa shape index (κ3) is 4.58. The molecule has 4 aromatic heterocycles. The standard InChI is InChI=1S/C22H18N8O3S2/c1-13-21(34-22(24-13)25-14(2)31)35(32,33)29-17-5-3-4-16(12-17)18-6-7-19-26-27-20(30(19)28-18)15-8-10-23-11-9-15/h3-12,29H,1-2H3,(H,24,25,31). The van der Waals surface area contributed by atoms with Crippen LogP contribution in [0, 0.1) is 6.92 Å². The smallest absolute Gasteiger partial charge is 0.273 e. The first kappa shape index (κ1) is 22.6. The van der Waals surface area contributed by atoms with Crippen molar-refractivity contribution in [2.75, 3.05) is 10.0 Å². The fourth-order valence-electron chi connectivity index (χ4n) is 3.40. The molecule has 11 nitrogen and oxygen atoms in total. The number of nitrogens with zero attached hydrogens (tertiary/aromatic N) is 6. The van der Waals surface area contributed by atoms with Gasteiger partial charge < -0.3 is 5.32 Å². The van der Waals surface area contributed by atoms with Crippen LogP contribution in [0.5, 0.6) is 0 Å². The second-order valence-electron chi connectivity index (χ2n) is 7.51. The van der Waals surface area contributed by atoms with E-state index in [1.54, 1.807) is 54.2 Å². The van der Waals surface area contributed by atoms with E-state index in [9.17, 15) is 13.2 Å². The number of amides is 1. The second-order valence-corrected chi connectivity index (χ2v) is 10.4. The molecule has 0 bridgehead atoms. The highest BCUT2D eigenvalue weighted by atomic mass is 32.2. The minimum Gasteiger partial charge on any atom is -0.302 e. The van der Waals surface area contributed by atoms with E-state index in [-0.39, 0.29) is 15.2 Å². The third-order valence-corrected chi connectivity index (χ3v) is 7.96. The average molecular weight is 507 g/mol. The molecule has 0 atom stereocenters. The first-order chi connectivity index (χ1) is 16.8. The summed E-state index contributed by atoms with van der Waals surface area (Å²) < 4.78 is 30.3. The summed E-state index contributed by atoms with van der Waals surface area (Å²) in [6.45, 7) is 2.91. The number of thiazole rings is 1. The van der Waals surface area contributed by atoms with Crippen molar-refractivity contribution < 1.29 is 13.2 Å². The van der Waals surface area contributed by atoms with Gasteiger partial charge in [0.2, 0.25) is 5.91 Å². The highest BCUT2D eigenvalue weighted by molar-refractivity contribution is 7.94. The quantitative estimate of drug-likeness (QED) is 0.357. The number of carbonyl (C=O) groups is 1. The zero-order valence-electron chi connectivity index (χ0n) is 18.5. The largest absolute Gasteiger partial charge is 0.302 e. The predicted octanol–water partition coefficient (Wildman–Crippen LogP) is 3.38. The Hall–Kier alpha value is -4.23. The number of benzene rings is 1. The molecule has 0 aliphatic rings. The number of pyridine rings is 1. The van der Waals surface area contributed by atoms with Gasteiger partial charge in [-0.25, -0.2) is 13.4 Å². The van der Waals surface area contributed by atoms with Gasteiger partial charge >= 0.3 is 0 Å². The van der Waals surface area contributed by atoms with Gasteiger partial charge in [0.25, 0.3) is 10.0 Å². The molecule has 0 unspecified atom stereocenters. The summed E-state index contributed by atoms with van der Waals surface area (Å²) in [7, 11) is -3.92. The van der Waals surface area contributed by atoms with Gasteiger partial charge in [-0.15, -0.1) is 10.2 Å². The Kier molecular flexibility index (Phi) is 5.70. The zero-order chi connectivity index (χ0) is 24.6. The summed E-state index contributed by atoms with van der Waals surface area (Å²) in [4.78, 5) is 19.4. The van der Waals surface area contributed by atoms with Crippen molar-refractivity contribution in [1.82, 2.24) is 29.8 Å². The van der Waals surface area contributed by atoms with E-state index in [1.165, 1.54) is 6.92 Å². The molecule has 0 radical (unpaired) electrons. The van der Waals surface area contributed by atoms with Gasteiger partial charge in [-0.3, -0.25) is 14.5 Å². The molecule has 0 saturated heterocycles. The van der Waals surface area contributed by atoms with Gasteiger partial charge in [0.05, 0.1) is 11.4 Å². The molecular weight excluding hydrogens is 488 g/mol. The molecule has 0 aliphatic carbocycles. The molecule has 2 N–H and O–H groups in total. The number of nitrogens with one attached hydrogen (secondary N) is 2. The van der Waals surface area contributed by atoms with Gasteiger partial charge in [-0.1, -0.05) is 23.5 Å². The van der Waals surface area contributed by atoms with Crippen molar-refractivity contribution in [3.05, 3.63) is 66.6 Å². The number of fused-ring (bicyclic) bond motifs is 1. The first-order valence-electron chi connectivity index (χ1n) is 10.3. The van der Waals surface area contributed by atoms with Crippen molar-refractivity contribution in [1.29, 1.82) is 0 Å². The topological polar surface area (TPSA) is 144 Å². The SMILES string of the molecule is CC(=O)Nc1nc(C)c(S(=O)(=O)Nc2cccc(-c3ccc4nnc(-c5ccncc5)n4n3)c2)s1. The van der Waals surface area contributed by atoms with Gasteiger partial charge in [-0.05, 0) is 43.3 Å². The molecule has 35 heavy (non-hydrogen) atoms. The maximum Gasteiger partial charge on any atom is 0.273 e. The molecule has 13 heteroatoms. The lowest BCUT2D eigenvalue weighted by Gasteiger charge is -2.09. The van der Waals surface area contributed by atoms with Gasteiger partial charge in [0.15, 0.2) is 20.8 Å². The van der Waals surface area contributed by atoms with Crippen molar-refractivity contribution in [3.8, 4) is 22.6 Å². The average Bonchev–Trinajstić information content (AvgIpc) is 3.42. The van der Waals surface area contributed by atoms with E-state index in [1.807, 2.05) is 18.2 Å². The predicted molar refractivity (Wildman–Crippen MR) is 131 cm³/mol. The molecule has 0 spiro atoms. The molecule has 5 rings (SSSR count). The number of aromatic nitrogens is 6. The zero-order valence-corrected chi connectivity index (χ0v) is 20.1. The molecule has 5 aromatic rings. The maximum absolute atomic E-state index is 13.0. The third-order valence-electron chi connectivity index (χ3n) is 4.89. The molecule has 4 heterocycles. The Morgan fingerprint density at radius 3 is 2.60 bits per heavy atom. The lowest BCUT2D eigenvalue weighted by molar-refractivity contribution is -0.114. The van der Waals surface area contributed by atoms with E-state index in [4.69, 9.17) is 0 Å². The lowest BCUT2D eigenvalue weighted by Crippen LogP contribution is -2.12. The van der Waals surface area contributed by atoms with E-state index >= 15 is 0 Å². The van der Waals surface area contributed by atoms with Gasteiger partial charge in [0.1, 0.15) is 0 Å². The summed E-state index contributed by atoms with van der Waals surface area (Å²) >= 11 is 0.889. The van der Waals surface area contributed by atoms with Crippen LogP contribution in [0.3, 0.4) is 0 Å².